The van der Waals surface area contributed by atoms with E-state index in [0.29, 0.717) is 18.5 Å². The molecule has 1 aromatic rings. The summed E-state index contributed by atoms with van der Waals surface area (Å²) in [6.45, 7) is 2.41. The number of likely N-dealkylation sites (tertiary alicyclic amines) is 1. The highest BCUT2D eigenvalue weighted by molar-refractivity contribution is 5.79. The Labute approximate surface area is 137 Å². The Morgan fingerprint density at radius 1 is 1.25 bits per heavy atom. The number of carbonyl (C=O) groups is 2. The predicted octanol–water partition coefficient (Wildman–Crippen LogP) is 2.70. The van der Waals surface area contributed by atoms with Gasteiger partial charge in [-0.15, -0.1) is 13.2 Å². The zero-order chi connectivity index (χ0) is 17.9. The smallest absolute Gasteiger partial charge is 0.481 e. The highest BCUT2D eigenvalue weighted by Gasteiger charge is 2.36. The van der Waals surface area contributed by atoms with Crippen LogP contribution in [0.3, 0.4) is 0 Å². The van der Waals surface area contributed by atoms with Crippen molar-refractivity contribution in [2.45, 2.75) is 26.1 Å². The van der Waals surface area contributed by atoms with Crippen molar-refractivity contribution in [1.82, 2.24) is 4.90 Å². The molecule has 0 spiro atoms. The SMILES string of the molecule is C[C@@H]1CN(C(=O)CCc2ccc(OC(F)(F)F)cc2)C[C@H]1C(=O)O. The van der Waals surface area contributed by atoms with E-state index in [-0.39, 0.29) is 30.5 Å². The van der Waals surface area contributed by atoms with Crippen molar-refractivity contribution in [3.8, 4) is 5.75 Å². The summed E-state index contributed by atoms with van der Waals surface area (Å²) in [5, 5.41) is 9.07. The van der Waals surface area contributed by atoms with Crippen molar-refractivity contribution in [2.75, 3.05) is 13.1 Å². The molecule has 1 fully saturated rings. The normalized spacial score (nSPS) is 20.9. The summed E-state index contributed by atoms with van der Waals surface area (Å²) in [5.41, 5.74) is 0.708. The quantitative estimate of drug-likeness (QED) is 0.891. The van der Waals surface area contributed by atoms with E-state index in [1.165, 1.54) is 29.2 Å². The van der Waals surface area contributed by atoms with Gasteiger partial charge >= 0.3 is 12.3 Å². The maximum Gasteiger partial charge on any atom is 0.573 e. The van der Waals surface area contributed by atoms with E-state index in [1.54, 1.807) is 6.92 Å². The summed E-state index contributed by atoms with van der Waals surface area (Å²) in [4.78, 5) is 24.7. The number of halogens is 3. The number of nitrogens with zero attached hydrogens (tertiary/aromatic N) is 1. The lowest BCUT2D eigenvalue weighted by molar-refractivity contribution is -0.274. The Hall–Kier alpha value is -2.25. The zero-order valence-electron chi connectivity index (χ0n) is 13.0. The standard InChI is InChI=1S/C16H18F3NO4/c1-10-8-20(9-13(10)15(22)23)14(21)7-4-11-2-5-12(6-3-11)24-16(17,18)19/h2-3,5-6,10,13H,4,7-9H2,1H3,(H,22,23)/t10-,13-/m1/s1. The van der Waals surface area contributed by atoms with Crippen molar-refractivity contribution in [1.29, 1.82) is 0 Å². The summed E-state index contributed by atoms with van der Waals surface area (Å²) in [5.74, 6) is -2.01. The molecule has 1 saturated heterocycles. The average molecular weight is 345 g/mol. The number of ether oxygens (including phenoxy) is 1. The Bertz CT molecular complexity index is 600. The number of aryl methyl sites for hydroxylation is 1. The van der Waals surface area contributed by atoms with Crippen molar-refractivity contribution >= 4 is 11.9 Å². The number of rotatable bonds is 5. The number of carboxylic acids is 1. The summed E-state index contributed by atoms with van der Waals surface area (Å²) >= 11 is 0. The van der Waals surface area contributed by atoms with Gasteiger partial charge in [0, 0.05) is 19.5 Å². The van der Waals surface area contributed by atoms with Crippen molar-refractivity contribution in [3.63, 3.8) is 0 Å². The molecule has 1 N–H and O–H groups in total. The van der Waals surface area contributed by atoms with Gasteiger partial charge in [-0.05, 0) is 30.0 Å². The molecule has 0 aromatic heterocycles. The molecule has 0 unspecified atom stereocenters. The fourth-order valence-corrected chi connectivity index (χ4v) is 2.76. The maximum absolute atomic E-state index is 12.1. The van der Waals surface area contributed by atoms with Crippen LogP contribution >= 0.6 is 0 Å². The molecule has 0 aliphatic carbocycles. The van der Waals surface area contributed by atoms with Crippen molar-refractivity contribution in [2.24, 2.45) is 11.8 Å². The molecular weight excluding hydrogens is 327 g/mol. The van der Waals surface area contributed by atoms with E-state index in [1.807, 2.05) is 0 Å². The number of hydrogen-bond donors (Lipinski definition) is 1. The van der Waals surface area contributed by atoms with Gasteiger partial charge in [0.05, 0.1) is 5.92 Å². The third-order valence-electron chi connectivity index (χ3n) is 4.07. The van der Waals surface area contributed by atoms with Gasteiger partial charge in [0.15, 0.2) is 0 Å². The Kier molecular flexibility index (Phi) is 5.36. The van der Waals surface area contributed by atoms with Crippen LogP contribution in [-0.2, 0) is 16.0 Å². The van der Waals surface area contributed by atoms with Crippen LogP contribution in [0, 0.1) is 11.8 Å². The van der Waals surface area contributed by atoms with E-state index >= 15 is 0 Å². The lowest BCUT2D eigenvalue weighted by Gasteiger charge is -2.16. The number of aliphatic carboxylic acids is 1. The van der Waals surface area contributed by atoms with Gasteiger partial charge in [0.2, 0.25) is 5.91 Å². The summed E-state index contributed by atoms with van der Waals surface area (Å²) in [7, 11) is 0. The van der Waals surface area contributed by atoms with Gasteiger partial charge in [-0.25, -0.2) is 0 Å². The maximum atomic E-state index is 12.1. The fraction of sp³-hybridized carbons (Fsp3) is 0.500. The molecule has 1 heterocycles. The third kappa shape index (κ3) is 4.87. The first-order chi connectivity index (χ1) is 11.2. The van der Waals surface area contributed by atoms with E-state index in [9.17, 15) is 22.8 Å². The Morgan fingerprint density at radius 2 is 1.88 bits per heavy atom. The van der Waals surface area contributed by atoms with E-state index < -0.39 is 18.2 Å². The van der Waals surface area contributed by atoms with Gasteiger partial charge in [-0.3, -0.25) is 9.59 Å². The van der Waals surface area contributed by atoms with Crippen LogP contribution < -0.4 is 4.74 Å². The molecule has 1 aliphatic rings. The minimum Gasteiger partial charge on any atom is -0.481 e. The molecule has 1 aliphatic heterocycles. The number of carbonyl (C=O) groups excluding carboxylic acids is 1. The molecule has 0 bridgehead atoms. The molecule has 5 nitrogen and oxygen atoms in total. The van der Waals surface area contributed by atoms with Crippen LogP contribution in [0.5, 0.6) is 5.75 Å². The monoisotopic (exact) mass is 345 g/mol. The minimum absolute atomic E-state index is 0.0924. The third-order valence-corrected chi connectivity index (χ3v) is 4.07. The minimum atomic E-state index is -4.73. The lowest BCUT2D eigenvalue weighted by Crippen LogP contribution is -2.30. The van der Waals surface area contributed by atoms with Gasteiger partial charge in [0.25, 0.3) is 0 Å². The van der Waals surface area contributed by atoms with Gasteiger partial charge in [-0.2, -0.15) is 0 Å². The first-order valence-electron chi connectivity index (χ1n) is 7.51. The largest absolute Gasteiger partial charge is 0.573 e. The lowest BCUT2D eigenvalue weighted by atomic mass is 9.99. The molecular formula is C16H18F3NO4. The summed E-state index contributed by atoms with van der Waals surface area (Å²) < 4.78 is 40.0. The van der Waals surface area contributed by atoms with Crippen molar-refractivity contribution < 1.29 is 32.6 Å². The number of carboxylic acid groups (broad SMARTS) is 1. The average Bonchev–Trinajstić information content (AvgIpc) is 2.87. The number of alkyl halides is 3. The zero-order valence-corrected chi connectivity index (χ0v) is 13.0. The first kappa shape index (κ1) is 18.1. The van der Waals surface area contributed by atoms with Gasteiger partial charge in [-0.1, -0.05) is 19.1 Å². The Balaban J connectivity index is 1.85. The fourth-order valence-electron chi connectivity index (χ4n) is 2.76. The molecule has 2 atom stereocenters. The van der Waals surface area contributed by atoms with Crippen LogP contribution in [0.2, 0.25) is 0 Å². The number of hydrogen-bond acceptors (Lipinski definition) is 3. The number of benzene rings is 1. The first-order valence-corrected chi connectivity index (χ1v) is 7.51. The van der Waals surface area contributed by atoms with Gasteiger partial charge in [0.1, 0.15) is 5.75 Å². The highest BCUT2D eigenvalue weighted by atomic mass is 19.4. The van der Waals surface area contributed by atoms with Crippen LogP contribution in [-0.4, -0.2) is 41.3 Å². The predicted molar refractivity (Wildman–Crippen MR) is 78.3 cm³/mol. The van der Waals surface area contributed by atoms with E-state index in [4.69, 9.17) is 5.11 Å². The van der Waals surface area contributed by atoms with E-state index in [0.717, 1.165) is 0 Å². The van der Waals surface area contributed by atoms with Crippen LogP contribution in [0.25, 0.3) is 0 Å². The van der Waals surface area contributed by atoms with Crippen LogP contribution in [0.15, 0.2) is 24.3 Å². The topological polar surface area (TPSA) is 66.8 Å². The second-order valence-electron chi connectivity index (χ2n) is 5.91. The number of amides is 1. The molecule has 132 valence electrons. The molecule has 1 aromatic carbocycles. The second kappa shape index (κ2) is 7.11. The van der Waals surface area contributed by atoms with Crippen LogP contribution in [0.1, 0.15) is 18.9 Å². The summed E-state index contributed by atoms with van der Waals surface area (Å²) in [6.07, 6.45) is -4.18. The Morgan fingerprint density at radius 3 is 2.38 bits per heavy atom. The molecule has 0 saturated carbocycles. The van der Waals surface area contributed by atoms with Crippen LogP contribution in [0.4, 0.5) is 13.2 Å². The molecule has 24 heavy (non-hydrogen) atoms. The van der Waals surface area contributed by atoms with Crippen molar-refractivity contribution in [3.05, 3.63) is 29.8 Å². The second-order valence-corrected chi connectivity index (χ2v) is 5.91. The summed E-state index contributed by atoms with van der Waals surface area (Å²) in [6, 6.07) is 5.35. The van der Waals surface area contributed by atoms with Gasteiger partial charge < -0.3 is 14.7 Å². The molecule has 8 heteroatoms. The molecule has 0 radical (unpaired) electrons. The molecule has 2 rings (SSSR count). The molecule has 1 amide bonds. The highest BCUT2D eigenvalue weighted by Crippen LogP contribution is 2.25. The van der Waals surface area contributed by atoms with E-state index in [2.05, 4.69) is 4.74 Å².